The lowest BCUT2D eigenvalue weighted by atomic mass is 10.0. The van der Waals surface area contributed by atoms with E-state index >= 15 is 0 Å². The molecule has 0 fully saturated rings. The lowest BCUT2D eigenvalue weighted by Gasteiger charge is -2.14. The molecule has 0 bridgehead atoms. The van der Waals surface area contributed by atoms with Gasteiger partial charge in [0.1, 0.15) is 5.76 Å². The first-order valence-corrected chi connectivity index (χ1v) is 7.13. The van der Waals surface area contributed by atoms with Crippen molar-refractivity contribution in [1.82, 2.24) is 5.32 Å². The number of nitrogens with one attached hydrogen (secondary N) is 1. The lowest BCUT2D eigenvalue weighted by Crippen LogP contribution is -2.34. The highest BCUT2D eigenvalue weighted by atomic mass is 35.5. The van der Waals surface area contributed by atoms with Gasteiger partial charge in [-0.05, 0) is 43.5 Å². The summed E-state index contributed by atoms with van der Waals surface area (Å²) in [5.74, 6) is 0.967. The van der Waals surface area contributed by atoms with Gasteiger partial charge in [-0.25, -0.2) is 0 Å². The first-order valence-electron chi connectivity index (χ1n) is 6.60. The normalized spacial score (nSPS) is 12.2. The molecule has 1 unspecified atom stereocenters. The summed E-state index contributed by atoms with van der Waals surface area (Å²) >= 11 is 5.65. The fraction of sp³-hybridized carbons (Fsp3) is 0.312. The maximum Gasteiger partial charge on any atom is 0.287 e. The minimum Gasteiger partial charge on any atom is -0.455 e. The van der Waals surface area contributed by atoms with E-state index in [0.29, 0.717) is 11.5 Å². The number of carbonyl (C=O) groups is 1. The van der Waals surface area contributed by atoms with Gasteiger partial charge in [0.15, 0.2) is 5.76 Å². The number of carbonyl (C=O) groups excluding carboxylic acids is 1. The Labute approximate surface area is 123 Å². The summed E-state index contributed by atoms with van der Waals surface area (Å²) in [7, 11) is 0. The van der Waals surface area contributed by atoms with E-state index in [-0.39, 0.29) is 17.8 Å². The van der Waals surface area contributed by atoms with Crippen LogP contribution in [0.1, 0.15) is 34.4 Å². The van der Waals surface area contributed by atoms with E-state index in [9.17, 15) is 4.79 Å². The molecule has 0 aliphatic heterocycles. The first kappa shape index (κ1) is 14.7. The molecule has 0 spiro atoms. The number of amides is 1. The molecule has 0 aliphatic rings. The van der Waals surface area contributed by atoms with Crippen LogP contribution in [0.2, 0.25) is 0 Å². The SMILES string of the molecule is Cc1ccccc1CC(C)NC(=O)c1ccc(CCl)o1. The summed E-state index contributed by atoms with van der Waals surface area (Å²) in [6.07, 6.45) is 0.793. The highest BCUT2D eigenvalue weighted by molar-refractivity contribution is 6.16. The van der Waals surface area contributed by atoms with Crippen molar-refractivity contribution in [2.45, 2.75) is 32.2 Å². The fourth-order valence-corrected chi connectivity index (χ4v) is 2.23. The third-order valence-electron chi connectivity index (χ3n) is 3.18. The predicted octanol–water partition coefficient (Wildman–Crippen LogP) is 3.69. The minimum atomic E-state index is -0.206. The second-order valence-electron chi connectivity index (χ2n) is 4.90. The molecule has 1 atom stereocenters. The zero-order chi connectivity index (χ0) is 14.5. The predicted molar refractivity (Wildman–Crippen MR) is 80.1 cm³/mol. The molecule has 106 valence electrons. The Bertz CT molecular complexity index is 592. The topological polar surface area (TPSA) is 42.2 Å². The molecule has 1 aromatic carbocycles. The molecule has 1 heterocycles. The molecular formula is C16H18ClNO2. The molecule has 0 aliphatic carbocycles. The Morgan fingerprint density at radius 3 is 2.70 bits per heavy atom. The lowest BCUT2D eigenvalue weighted by molar-refractivity contribution is 0.0910. The second kappa shape index (κ2) is 6.62. The maximum atomic E-state index is 12.0. The van der Waals surface area contributed by atoms with E-state index < -0.39 is 0 Å². The van der Waals surface area contributed by atoms with Crippen molar-refractivity contribution in [3.05, 3.63) is 59.0 Å². The van der Waals surface area contributed by atoms with Crippen LogP contribution in [-0.2, 0) is 12.3 Å². The van der Waals surface area contributed by atoms with Crippen LogP contribution in [0.25, 0.3) is 0 Å². The van der Waals surface area contributed by atoms with Crippen LogP contribution in [0.3, 0.4) is 0 Å². The third kappa shape index (κ3) is 3.64. The minimum absolute atomic E-state index is 0.0353. The molecule has 1 amide bonds. The molecule has 0 saturated carbocycles. The average molecular weight is 292 g/mol. The molecule has 0 saturated heterocycles. The van der Waals surface area contributed by atoms with Crippen molar-refractivity contribution in [2.24, 2.45) is 0 Å². The Morgan fingerprint density at radius 1 is 1.30 bits per heavy atom. The van der Waals surface area contributed by atoms with Gasteiger partial charge in [0, 0.05) is 6.04 Å². The second-order valence-corrected chi connectivity index (χ2v) is 5.17. The average Bonchev–Trinajstić information content (AvgIpc) is 2.90. The van der Waals surface area contributed by atoms with Crippen molar-refractivity contribution in [1.29, 1.82) is 0 Å². The molecule has 1 N–H and O–H groups in total. The Morgan fingerprint density at radius 2 is 2.05 bits per heavy atom. The van der Waals surface area contributed by atoms with Gasteiger partial charge in [0.25, 0.3) is 5.91 Å². The van der Waals surface area contributed by atoms with Crippen LogP contribution in [-0.4, -0.2) is 11.9 Å². The van der Waals surface area contributed by atoms with Gasteiger partial charge < -0.3 is 9.73 Å². The summed E-state index contributed by atoms with van der Waals surface area (Å²) in [4.78, 5) is 12.0. The van der Waals surface area contributed by atoms with E-state index in [1.165, 1.54) is 11.1 Å². The molecule has 2 aromatic rings. The molecule has 2 rings (SSSR count). The van der Waals surface area contributed by atoms with E-state index in [2.05, 4.69) is 24.4 Å². The van der Waals surface area contributed by atoms with Crippen LogP contribution in [0.15, 0.2) is 40.8 Å². The van der Waals surface area contributed by atoms with Crippen molar-refractivity contribution in [3.8, 4) is 0 Å². The Hall–Kier alpha value is -1.74. The third-order valence-corrected chi connectivity index (χ3v) is 3.45. The van der Waals surface area contributed by atoms with Gasteiger partial charge >= 0.3 is 0 Å². The number of benzene rings is 1. The van der Waals surface area contributed by atoms with Crippen molar-refractivity contribution in [2.75, 3.05) is 0 Å². The molecule has 3 nitrogen and oxygen atoms in total. The summed E-state index contributed by atoms with van der Waals surface area (Å²) in [5.41, 5.74) is 2.47. The van der Waals surface area contributed by atoms with Gasteiger partial charge in [-0.15, -0.1) is 11.6 Å². The standard InChI is InChI=1S/C16H18ClNO2/c1-11-5-3-4-6-13(11)9-12(2)18-16(19)15-8-7-14(10-17)20-15/h3-8,12H,9-10H2,1-2H3,(H,18,19). The van der Waals surface area contributed by atoms with E-state index in [1.54, 1.807) is 12.1 Å². The van der Waals surface area contributed by atoms with Crippen molar-refractivity contribution >= 4 is 17.5 Å². The van der Waals surface area contributed by atoms with Crippen LogP contribution in [0.5, 0.6) is 0 Å². The molecule has 20 heavy (non-hydrogen) atoms. The van der Waals surface area contributed by atoms with Crippen LogP contribution < -0.4 is 5.32 Å². The van der Waals surface area contributed by atoms with Crippen molar-refractivity contribution < 1.29 is 9.21 Å². The molecule has 4 heteroatoms. The highest BCUT2D eigenvalue weighted by Crippen LogP contribution is 2.12. The summed E-state index contributed by atoms with van der Waals surface area (Å²) in [6, 6.07) is 11.6. The molecule has 1 aromatic heterocycles. The van der Waals surface area contributed by atoms with Gasteiger partial charge in [-0.2, -0.15) is 0 Å². The number of furan rings is 1. The largest absolute Gasteiger partial charge is 0.455 e. The van der Waals surface area contributed by atoms with E-state index in [4.69, 9.17) is 16.0 Å². The zero-order valence-electron chi connectivity index (χ0n) is 11.7. The van der Waals surface area contributed by atoms with Crippen LogP contribution >= 0.6 is 11.6 Å². The summed E-state index contributed by atoms with van der Waals surface area (Å²) in [5, 5.41) is 2.93. The Kier molecular flexibility index (Phi) is 4.85. The van der Waals surface area contributed by atoms with Crippen molar-refractivity contribution in [3.63, 3.8) is 0 Å². The van der Waals surface area contributed by atoms with Gasteiger partial charge in [-0.1, -0.05) is 24.3 Å². The number of hydrogen-bond acceptors (Lipinski definition) is 2. The number of hydrogen-bond donors (Lipinski definition) is 1. The first-order chi connectivity index (χ1) is 9.60. The number of aryl methyl sites for hydroxylation is 1. The number of rotatable bonds is 5. The monoisotopic (exact) mass is 291 g/mol. The number of halogens is 1. The van der Waals surface area contributed by atoms with Crippen LogP contribution in [0.4, 0.5) is 0 Å². The van der Waals surface area contributed by atoms with Gasteiger partial charge in [0.2, 0.25) is 0 Å². The van der Waals surface area contributed by atoms with Crippen LogP contribution in [0, 0.1) is 6.92 Å². The number of alkyl halides is 1. The van der Waals surface area contributed by atoms with E-state index in [1.807, 2.05) is 19.1 Å². The van der Waals surface area contributed by atoms with E-state index in [0.717, 1.165) is 6.42 Å². The Balaban J connectivity index is 1.96. The van der Waals surface area contributed by atoms with Gasteiger partial charge in [0.05, 0.1) is 5.88 Å². The molecule has 0 radical (unpaired) electrons. The quantitative estimate of drug-likeness (QED) is 0.854. The van der Waals surface area contributed by atoms with Gasteiger partial charge in [-0.3, -0.25) is 4.79 Å². The summed E-state index contributed by atoms with van der Waals surface area (Å²) < 4.78 is 5.33. The smallest absolute Gasteiger partial charge is 0.287 e. The maximum absolute atomic E-state index is 12.0. The molecular weight excluding hydrogens is 274 g/mol. The highest BCUT2D eigenvalue weighted by Gasteiger charge is 2.14. The fourth-order valence-electron chi connectivity index (χ4n) is 2.09. The zero-order valence-corrected chi connectivity index (χ0v) is 12.4. The summed E-state index contributed by atoms with van der Waals surface area (Å²) in [6.45, 7) is 4.05.